The Morgan fingerprint density at radius 1 is 1.58 bits per heavy atom. The Labute approximate surface area is 111 Å². The zero-order valence-corrected chi connectivity index (χ0v) is 10.9. The van der Waals surface area contributed by atoms with Crippen LogP contribution in [0.25, 0.3) is 0 Å². The predicted octanol–water partition coefficient (Wildman–Crippen LogP) is 0.245. The highest BCUT2D eigenvalue weighted by Gasteiger charge is 2.12. The van der Waals surface area contributed by atoms with Crippen molar-refractivity contribution in [3.8, 4) is 6.07 Å². The van der Waals surface area contributed by atoms with Gasteiger partial charge in [0, 0.05) is 26.6 Å². The maximum Gasteiger partial charge on any atom is 0.300 e. The molecule has 0 aromatic carbocycles. The Morgan fingerprint density at radius 2 is 2.37 bits per heavy atom. The molecular formula is C12H18N4O3. The summed E-state index contributed by atoms with van der Waals surface area (Å²) in [6, 6.07) is 5.38. The van der Waals surface area contributed by atoms with Gasteiger partial charge in [-0.05, 0) is 12.1 Å². The summed E-state index contributed by atoms with van der Waals surface area (Å²) in [5, 5.41) is 8.62. The third-order valence-electron chi connectivity index (χ3n) is 2.55. The predicted molar refractivity (Wildman–Crippen MR) is 67.7 cm³/mol. The minimum atomic E-state index is -0.466. The van der Waals surface area contributed by atoms with E-state index in [9.17, 15) is 4.79 Å². The Balaban J connectivity index is 2.59. The van der Waals surface area contributed by atoms with E-state index in [0.717, 1.165) is 0 Å². The normalized spacial score (nSPS) is 10.4. The smallest absolute Gasteiger partial charge is 0.300 e. The van der Waals surface area contributed by atoms with Crippen molar-refractivity contribution in [1.82, 2.24) is 10.3 Å². The second-order valence-corrected chi connectivity index (χ2v) is 3.92. The van der Waals surface area contributed by atoms with Crippen molar-refractivity contribution in [3.63, 3.8) is 0 Å². The quantitative estimate of drug-likeness (QED) is 0.397. The molecule has 19 heavy (non-hydrogen) atoms. The molecular weight excluding hydrogens is 248 g/mol. The molecule has 0 atom stereocenters. The molecule has 104 valence electrons. The topological polar surface area (TPSA) is 105 Å². The molecule has 1 aromatic heterocycles. The van der Waals surface area contributed by atoms with Crippen LogP contribution in [0, 0.1) is 11.3 Å². The maximum atomic E-state index is 11.3. The summed E-state index contributed by atoms with van der Waals surface area (Å²) >= 11 is 0. The van der Waals surface area contributed by atoms with E-state index >= 15 is 0 Å². The average molecular weight is 266 g/mol. The molecule has 7 heteroatoms. The lowest BCUT2D eigenvalue weighted by Crippen LogP contribution is -2.29. The summed E-state index contributed by atoms with van der Waals surface area (Å²) in [4.78, 5) is 13.3. The van der Waals surface area contributed by atoms with Gasteiger partial charge in [0.25, 0.3) is 0 Å². The van der Waals surface area contributed by atoms with Crippen LogP contribution in [0.5, 0.6) is 0 Å². The molecule has 0 aliphatic rings. The second kappa shape index (κ2) is 8.26. The molecule has 0 aliphatic carbocycles. The van der Waals surface area contributed by atoms with Gasteiger partial charge in [0.1, 0.15) is 5.76 Å². The number of hydrogen-bond donors (Lipinski definition) is 2. The molecule has 0 spiro atoms. The van der Waals surface area contributed by atoms with E-state index in [1.807, 2.05) is 10.3 Å². The summed E-state index contributed by atoms with van der Waals surface area (Å²) in [7, 11) is 1.62. The SMILES string of the molecule is COCCN(CCC#N)Cc1ccc(C(=O)NN)o1. The number of hydrogen-bond acceptors (Lipinski definition) is 6. The van der Waals surface area contributed by atoms with Gasteiger partial charge in [0.15, 0.2) is 5.76 Å². The molecule has 1 amide bonds. The zero-order chi connectivity index (χ0) is 14.1. The van der Waals surface area contributed by atoms with E-state index in [0.29, 0.717) is 38.4 Å². The van der Waals surface area contributed by atoms with E-state index in [4.69, 9.17) is 20.3 Å². The Bertz CT molecular complexity index is 438. The zero-order valence-electron chi connectivity index (χ0n) is 10.9. The Morgan fingerprint density at radius 3 is 3.00 bits per heavy atom. The monoisotopic (exact) mass is 266 g/mol. The summed E-state index contributed by atoms with van der Waals surface area (Å²) in [6.07, 6.45) is 0.431. The van der Waals surface area contributed by atoms with Crippen molar-refractivity contribution < 1.29 is 13.9 Å². The molecule has 1 heterocycles. The van der Waals surface area contributed by atoms with Gasteiger partial charge in [-0.25, -0.2) is 5.84 Å². The first-order valence-corrected chi connectivity index (χ1v) is 5.89. The van der Waals surface area contributed by atoms with E-state index in [1.165, 1.54) is 0 Å². The molecule has 0 radical (unpaired) electrons. The number of nitriles is 1. The molecule has 0 saturated heterocycles. The second-order valence-electron chi connectivity index (χ2n) is 3.92. The number of amides is 1. The molecule has 0 fully saturated rings. The van der Waals surface area contributed by atoms with E-state index in [2.05, 4.69) is 6.07 Å². The lowest BCUT2D eigenvalue weighted by molar-refractivity contribution is 0.0920. The number of ether oxygens (including phenoxy) is 1. The summed E-state index contributed by atoms with van der Waals surface area (Å²) < 4.78 is 10.4. The number of carbonyl (C=O) groups excluding carboxylic acids is 1. The van der Waals surface area contributed by atoms with Crippen LogP contribution in [0.4, 0.5) is 0 Å². The van der Waals surface area contributed by atoms with Crippen LogP contribution in [0.2, 0.25) is 0 Å². The number of carbonyl (C=O) groups is 1. The van der Waals surface area contributed by atoms with Crippen molar-refractivity contribution in [2.24, 2.45) is 5.84 Å². The fraction of sp³-hybridized carbons (Fsp3) is 0.500. The van der Waals surface area contributed by atoms with Crippen molar-refractivity contribution in [1.29, 1.82) is 5.26 Å². The first-order chi connectivity index (χ1) is 9.21. The molecule has 0 aliphatic heterocycles. The average Bonchev–Trinajstić information content (AvgIpc) is 2.89. The number of nitrogen functional groups attached to an aromatic ring is 1. The number of nitrogens with zero attached hydrogens (tertiary/aromatic N) is 2. The molecule has 3 N–H and O–H groups in total. The minimum Gasteiger partial charge on any atom is -0.455 e. The maximum absolute atomic E-state index is 11.3. The largest absolute Gasteiger partial charge is 0.455 e. The molecule has 0 unspecified atom stereocenters. The summed E-state index contributed by atoms with van der Waals surface area (Å²) in [5.74, 6) is 5.37. The van der Waals surface area contributed by atoms with Crippen LogP contribution in [0.3, 0.4) is 0 Å². The summed E-state index contributed by atoms with van der Waals surface area (Å²) in [6.45, 7) is 2.40. The molecule has 7 nitrogen and oxygen atoms in total. The van der Waals surface area contributed by atoms with E-state index in [-0.39, 0.29) is 5.76 Å². The van der Waals surface area contributed by atoms with Gasteiger partial charge in [-0.1, -0.05) is 0 Å². The number of methoxy groups -OCH3 is 1. The van der Waals surface area contributed by atoms with Crippen molar-refractivity contribution >= 4 is 5.91 Å². The van der Waals surface area contributed by atoms with Crippen LogP contribution < -0.4 is 11.3 Å². The van der Waals surface area contributed by atoms with Crippen LogP contribution in [-0.4, -0.2) is 37.6 Å². The summed E-state index contributed by atoms with van der Waals surface area (Å²) in [5.41, 5.74) is 2.01. The van der Waals surface area contributed by atoms with Gasteiger partial charge in [-0.3, -0.25) is 15.1 Å². The highest BCUT2D eigenvalue weighted by atomic mass is 16.5. The third-order valence-corrected chi connectivity index (χ3v) is 2.55. The first kappa shape index (κ1) is 15.2. The number of rotatable bonds is 8. The standard InChI is InChI=1S/C12H18N4O3/c1-18-8-7-16(6-2-5-13)9-10-3-4-11(19-10)12(17)15-14/h3-4H,2,6-9,14H2,1H3,(H,15,17). The lowest BCUT2D eigenvalue weighted by Gasteiger charge is -2.19. The minimum absolute atomic E-state index is 0.171. The first-order valence-electron chi connectivity index (χ1n) is 5.89. The Kier molecular flexibility index (Phi) is 6.60. The van der Waals surface area contributed by atoms with E-state index < -0.39 is 5.91 Å². The number of furan rings is 1. The van der Waals surface area contributed by atoms with Gasteiger partial charge in [0.05, 0.1) is 19.2 Å². The number of nitrogens with two attached hydrogens (primary N) is 1. The highest BCUT2D eigenvalue weighted by molar-refractivity contribution is 5.90. The fourth-order valence-electron chi connectivity index (χ4n) is 1.57. The van der Waals surface area contributed by atoms with Crippen molar-refractivity contribution in [3.05, 3.63) is 23.7 Å². The third kappa shape index (κ3) is 5.09. The van der Waals surface area contributed by atoms with Gasteiger partial charge in [0.2, 0.25) is 0 Å². The van der Waals surface area contributed by atoms with Gasteiger partial charge < -0.3 is 9.15 Å². The van der Waals surface area contributed by atoms with Gasteiger partial charge in [-0.15, -0.1) is 0 Å². The highest BCUT2D eigenvalue weighted by Crippen LogP contribution is 2.10. The van der Waals surface area contributed by atoms with Gasteiger partial charge in [-0.2, -0.15) is 5.26 Å². The number of nitrogens with one attached hydrogen (secondary N) is 1. The molecule has 0 saturated carbocycles. The van der Waals surface area contributed by atoms with Crippen molar-refractivity contribution in [2.75, 3.05) is 26.8 Å². The lowest BCUT2D eigenvalue weighted by atomic mass is 10.3. The molecule has 0 bridgehead atoms. The van der Waals surface area contributed by atoms with Crippen LogP contribution >= 0.6 is 0 Å². The molecule has 1 rings (SSSR count). The number of hydrazine groups is 1. The van der Waals surface area contributed by atoms with E-state index in [1.54, 1.807) is 19.2 Å². The van der Waals surface area contributed by atoms with Crippen molar-refractivity contribution in [2.45, 2.75) is 13.0 Å². The van der Waals surface area contributed by atoms with Gasteiger partial charge >= 0.3 is 5.91 Å². The fourth-order valence-corrected chi connectivity index (χ4v) is 1.57. The molecule has 1 aromatic rings. The van der Waals surface area contributed by atoms with Crippen LogP contribution in [-0.2, 0) is 11.3 Å². The Hall–Kier alpha value is -1.88. The van der Waals surface area contributed by atoms with Crippen LogP contribution in [0.1, 0.15) is 22.7 Å². The van der Waals surface area contributed by atoms with Crippen LogP contribution in [0.15, 0.2) is 16.5 Å².